The van der Waals surface area contributed by atoms with Crippen LogP contribution < -0.4 is 10.9 Å². The molecule has 2 heterocycles. The molecule has 0 aliphatic rings. The van der Waals surface area contributed by atoms with Crippen molar-refractivity contribution in [1.82, 2.24) is 0 Å². The third-order valence-corrected chi connectivity index (χ3v) is 4.50. The molecular formula is C21H16ClNO3. The van der Waals surface area contributed by atoms with Crippen molar-refractivity contribution in [3.05, 3.63) is 87.4 Å². The minimum Gasteiger partial charge on any atom is -0.440 e. The molecule has 5 heteroatoms. The highest BCUT2D eigenvalue weighted by atomic mass is 35.5. The van der Waals surface area contributed by atoms with Gasteiger partial charge in [-0.25, -0.2) is 4.79 Å². The van der Waals surface area contributed by atoms with Crippen LogP contribution in [0, 0.1) is 6.92 Å². The molecule has 4 nitrogen and oxygen atoms in total. The number of fused-ring (bicyclic) bond motifs is 1. The van der Waals surface area contributed by atoms with Crippen LogP contribution in [0.3, 0.4) is 0 Å². The number of rotatable bonds is 4. The zero-order valence-electron chi connectivity index (χ0n) is 14.1. The van der Waals surface area contributed by atoms with Crippen molar-refractivity contribution >= 4 is 28.5 Å². The van der Waals surface area contributed by atoms with E-state index in [-0.39, 0.29) is 0 Å². The average Bonchev–Trinajstić information content (AvgIpc) is 2.99. The van der Waals surface area contributed by atoms with E-state index in [1.807, 2.05) is 48.5 Å². The molecule has 0 atom stereocenters. The Kier molecular flexibility index (Phi) is 4.27. The highest BCUT2D eigenvalue weighted by Crippen LogP contribution is 2.40. The molecule has 2 aromatic heterocycles. The Morgan fingerprint density at radius 3 is 2.50 bits per heavy atom. The number of aryl methyl sites for hydroxylation is 1. The molecule has 4 aromatic rings. The fourth-order valence-electron chi connectivity index (χ4n) is 2.99. The largest absolute Gasteiger partial charge is 0.440 e. The van der Waals surface area contributed by atoms with Crippen molar-refractivity contribution in [2.75, 3.05) is 5.32 Å². The van der Waals surface area contributed by atoms with Crippen molar-refractivity contribution in [3.63, 3.8) is 0 Å². The smallest absolute Gasteiger partial charge is 0.347 e. The number of hydrogen-bond donors (Lipinski definition) is 1. The first kappa shape index (κ1) is 16.5. The molecule has 130 valence electrons. The lowest BCUT2D eigenvalue weighted by Gasteiger charge is -2.08. The van der Waals surface area contributed by atoms with Crippen LogP contribution in [0.2, 0.25) is 5.02 Å². The molecule has 4 rings (SSSR count). The van der Waals surface area contributed by atoms with Crippen molar-refractivity contribution in [2.24, 2.45) is 0 Å². The molecular weight excluding hydrogens is 350 g/mol. The molecule has 0 saturated carbocycles. The Balaban J connectivity index is 1.89. The molecule has 0 fully saturated rings. The fraction of sp³-hybridized carbons (Fsp3) is 0.0952. The van der Waals surface area contributed by atoms with Crippen LogP contribution in [-0.2, 0) is 6.54 Å². The van der Waals surface area contributed by atoms with Gasteiger partial charge in [-0.1, -0.05) is 60.1 Å². The summed E-state index contributed by atoms with van der Waals surface area (Å²) in [5.41, 5.74) is 2.48. The van der Waals surface area contributed by atoms with Crippen molar-refractivity contribution < 1.29 is 8.83 Å². The number of furan rings is 1. The second-order valence-electron chi connectivity index (χ2n) is 6.01. The van der Waals surface area contributed by atoms with Crippen molar-refractivity contribution in [3.8, 4) is 11.1 Å². The summed E-state index contributed by atoms with van der Waals surface area (Å²) in [5, 5.41) is 4.21. The van der Waals surface area contributed by atoms with Crippen molar-refractivity contribution in [1.29, 1.82) is 0 Å². The summed E-state index contributed by atoms with van der Waals surface area (Å²) in [5.74, 6) is 0.992. The molecule has 0 saturated heterocycles. The summed E-state index contributed by atoms with van der Waals surface area (Å²) in [6.07, 6.45) is 0. The van der Waals surface area contributed by atoms with Crippen LogP contribution in [0.5, 0.6) is 0 Å². The van der Waals surface area contributed by atoms with Gasteiger partial charge in [0.2, 0.25) is 5.88 Å². The Hall–Kier alpha value is -2.98. The van der Waals surface area contributed by atoms with Gasteiger partial charge in [0.15, 0.2) is 0 Å². The summed E-state index contributed by atoms with van der Waals surface area (Å²) in [4.78, 5) is 12.5. The lowest BCUT2D eigenvalue weighted by atomic mass is 10.0. The highest BCUT2D eigenvalue weighted by molar-refractivity contribution is 6.34. The molecule has 0 unspecified atom stereocenters. The molecule has 0 amide bonds. The summed E-state index contributed by atoms with van der Waals surface area (Å²) >= 11 is 6.39. The van der Waals surface area contributed by atoms with Crippen LogP contribution in [-0.4, -0.2) is 0 Å². The van der Waals surface area contributed by atoms with E-state index in [2.05, 4.69) is 5.32 Å². The number of halogens is 1. The van der Waals surface area contributed by atoms with E-state index in [4.69, 9.17) is 20.4 Å². The second kappa shape index (κ2) is 6.73. The van der Waals surface area contributed by atoms with Crippen LogP contribution >= 0.6 is 11.6 Å². The first-order valence-corrected chi connectivity index (χ1v) is 8.61. The average molecular weight is 366 g/mol. The molecule has 0 aliphatic carbocycles. The van der Waals surface area contributed by atoms with Gasteiger partial charge in [0, 0.05) is 23.2 Å². The van der Waals surface area contributed by atoms with Gasteiger partial charge < -0.3 is 14.2 Å². The molecule has 1 N–H and O–H groups in total. The standard InChI is InChI=1S/C21H16ClNO3/c1-13-11-17-19(21(24)25-13)18(15-9-5-6-10-16(15)22)20(26-17)23-12-14-7-3-2-4-8-14/h2-11,23H,12H2,1H3. The van der Waals surface area contributed by atoms with Gasteiger partial charge in [0.05, 0.1) is 5.56 Å². The van der Waals surface area contributed by atoms with Gasteiger partial charge in [-0.3, -0.25) is 0 Å². The first-order valence-electron chi connectivity index (χ1n) is 8.23. The minimum absolute atomic E-state index is 0.388. The van der Waals surface area contributed by atoms with Gasteiger partial charge in [-0.15, -0.1) is 0 Å². The molecule has 0 aliphatic heterocycles. The zero-order chi connectivity index (χ0) is 18.1. The van der Waals surface area contributed by atoms with Gasteiger partial charge in [0.25, 0.3) is 0 Å². The van der Waals surface area contributed by atoms with E-state index < -0.39 is 5.63 Å². The lowest BCUT2D eigenvalue weighted by Crippen LogP contribution is -2.02. The predicted molar refractivity (Wildman–Crippen MR) is 104 cm³/mol. The van der Waals surface area contributed by atoms with Gasteiger partial charge in [-0.05, 0) is 18.6 Å². The van der Waals surface area contributed by atoms with Crippen molar-refractivity contribution in [2.45, 2.75) is 13.5 Å². The lowest BCUT2D eigenvalue weighted by molar-refractivity contribution is 0.485. The van der Waals surface area contributed by atoms with Gasteiger partial charge in [-0.2, -0.15) is 0 Å². The number of benzene rings is 2. The Morgan fingerprint density at radius 1 is 1.00 bits per heavy atom. The summed E-state index contributed by atoms with van der Waals surface area (Å²) < 4.78 is 11.2. The van der Waals surface area contributed by atoms with Gasteiger partial charge in [0.1, 0.15) is 16.7 Å². The van der Waals surface area contributed by atoms with E-state index in [1.54, 1.807) is 19.1 Å². The molecule has 0 bridgehead atoms. The SMILES string of the molecule is Cc1cc2oc(NCc3ccccc3)c(-c3ccccc3Cl)c2c(=O)o1. The summed E-state index contributed by atoms with van der Waals surface area (Å²) in [6, 6.07) is 19.0. The first-order chi connectivity index (χ1) is 12.6. The minimum atomic E-state index is -0.438. The predicted octanol–water partition coefficient (Wildman–Crippen LogP) is 5.63. The van der Waals surface area contributed by atoms with E-state index >= 15 is 0 Å². The fourth-order valence-corrected chi connectivity index (χ4v) is 3.22. The summed E-state index contributed by atoms with van der Waals surface area (Å²) in [6.45, 7) is 2.28. The zero-order valence-corrected chi connectivity index (χ0v) is 14.8. The van der Waals surface area contributed by atoms with E-state index in [0.29, 0.717) is 39.7 Å². The number of hydrogen-bond acceptors (Lipinski definition) is 4. The Labute approximate surface area is 155 Å². The number of nitrogens with one attached hydrogen (secondary N) is 1. The quantitative estimate of drug-likeness (QED) is 0.509. The maximum Gasteiger partial charge on any atom is 0.347 e. The van der Waals surface area contributed by atoms with E-state index in [9.17, 15) is 4.79 Å². The van der Waals surface area contributed by atoms with Crippen LogP contribution in [0.15, 0.2) is 74.3 Å². The Morgan fingerprint density at radius 2 is 1.73 bits per heavy atom. The summed E-state index contributed by atoms with van der Waals surface area (Å²) in [7, 11) is 0. The molecule has 26 heavy (non-hydrogen) atoms. The molecule has 0 spiro atoms. The topological polar surface area (TPSA) is 55.4 Å². The molecule has 0 radical (unpaired) electrons. The third kappa shape index (κ3) is 3.00. The number of anilines is 1. The van der Waals surface area contributed by atoms with Crippen LogP contribution in [0.1, 0.15) is 11.3 Å². The van der Waals surface area contributed by atoms with E-state index in [0.717, 1.165) is 11.1 Å². The molecule has 2 aromatic carbocycles. The van der Waals surface area contributed by atoms with Crippen LogP contribution in [0.25, 0.3) is 22.1 Å². The normalized spacial score (nSPS) is 11.0. The van der Waals surface area contributed by atoms with E-state index in [1.165, 1.54) is 0 Å². The maximum absolute atomic E-state index is 12.5. The second-order valence-corrected chi connectivity index (χ2v) is 6.42. The highest BCUT2D eigenvalue weighted by Gasteiger charge is 2.22. The van der Waals surface area contributed by atoms with Crippen LogP contribution in [0.4, 0.5) is 5.88 Å². The Bertz CT molecular complexity index is 1130. The maximum atomic E-state index is 12.5. The monoisotopic (exact) mass is 365 g/mol. The van der Waals surface area contributed by atoms with Gasteiger partial charge >= 0.3 is 5.63 Å². The third-order valence-electron chi connectivity index (χ3n) is 4.17.